The normalized spacial score (nSPS) is 20.3. The second-order valence-electron chi connectivity index (χ2n) is 6.67. The molecule has 1 unspecified atom stereocenters. The summed E-state index contributed by atoms with van der Waals surface area (Å²) in [6.07, 6.45) is 5.06. The highest BCUT2D eigenvalue weighted by Gasteiger charge is 2.38. The Bertz CT molecular complexity index is 467. The molecule has 3 rings (SSSR count). The molecular formula is C17H25ClN2O. The van der Waals surface area contributed by atoms with Crippen LogP contribution >= 0.6 is 12.4 Å². The van der Waals surface area contributed by atoms with Gasteiger partial charge in [-0.1, -0.05) is 30.3 Å². The van der Waals surface area contributed by atoms with Gasteiger partial charge < -0.3 is 10.6 Å². The number of benzene rings is 1. The monoisotopic (exact) mass is 308 g/mol. The van der Waals surface area contributed by atoms with Crippen LogP contribution in [0.1, 0.15) is 38.2 Å². The zero-order valence-electron chi connectivity index (χ0n) is 12.6. The van der Waals surface area contributed by atoms with E-state index in [2.05, 4.69) is 0 Å². The third-order valence-electron chi connectivity index (χ3n) is 4.46. The van der Waals surface area contributed by atoms with E-state index in [1.165, 1.54) is 25.7 Å². The Morgan fingerprint density at radius 2 is 1.62 bits per heavy atom. The number of nitrogens with zero attached hydrogens (tertiary/aromatic N) is 1. The predicted molar refractivity (Wildman–Crippen MR) is 87.3 cm³/mol. The van der Waals surface area contributed by atoms with Crippen molar-refractivity contribution in [1.82, 2.24) is 4.90 Å². The molecule has 2 aliphatic carbocycles. The van der Waals surface area contributed by atoms with Crippen molar-refractivity contribution in [3.05, 3.63) is 35.9 Å². The molecule has 2 fully saturated rings. The molecule has 0 bridgehead atoms. The molecule has 0 saturated heterocycles. The van der Waals surface area contributed by atoms with Crippen molar-refractivity contribution >= 4 is 18.3 Å². The Labute approximate surface area is 133 Å². The molecule has 1 atom stereocenters. The number of carbonyl (C=O) groups is 1. The van der Waals surface area contributed by atoms with Gasteiger partial charge in [-0.05, 0) is 50.0 Å². The molecule has 116 valence electrons. The predicted octanol–water partition coefficient (Wildman–Crippen LogP) is 2.93. The Balaban J connectivity index is 0.00000161. The highest BCUT2D eigenvalue weighted by atomic mass is 35.5. The fourth-order valence-corrected chi connectivity index (χ4v) is 2.70. The van der Waals surface area contributed by atoms with Crippen LogP contribution in [0.4, 0.5) is 0 Å². The Kier molecular flexibility index (Phi) is 4.95. The van der Waals surface area contributed by atoms with E-state index < -0.39 is 5.54 Å². The first-order valence-electron chi connectivity index (χ1n) is 7.71. The molecule has 0 spiro atoms. The van der Waals surface area contributed by atoms with Gasteiger partial charge in [-0.3, -0.25) is 4.79 Å². The van der Waals surface area contributed by atoms with Crippen molar-refractivity contribution in [2.75, 3.05) is 13.1 Å². The van der Waals surface area contributed by atoms with Crippen LogP contribution in [0, 0.1) is 11.8 Å². The van der Waals surface area contributed by atoms with Crippen LogP contribution in [0.2, 0.25) is 0 Å². The topological polar surface area (TPSA) is 46.3 Å². The summed E-state index contributed by atoms with van der Waals surface area (Å²) in [5.74, 6) is 1.51. The molecule has 21 heavy (non-hydrogen) atoms. The fraction of sp³-hybridized carbons (Fsp3) is 0.588. The second kappa shape index (κ2) is 6.37. The summed E-state index contributed by atoms with van der Waals surface area (Å²) in [4.78, 5) is 14.9. The minimum Gasteiger partial charge on any atom is -0.340 e. The maximum Gasteiger partial charge on any atom is 0.246 e. The number of hydrogen-bond donors (Lipinski definition) is 1. The number of hydrogen-bond acceptors (Lipinski definition) is 2. The van der Waals surface area contributed by atoms with Gasteiger partial charge in [0.1, 0.15) is 5.54 Å². The average molecular weight is 309 g/mol. The van der Waals surface area contributed by atoms with E-state index in [4.69, 9.17) is 5.73 Å². The van der Waals surface area contributed by atoms with Gasteiger partial charge in [0.05, 0.1) is 0 Å². The van der Waals surface area contributed by atoms with Crippen LogP contribution in [-0.2, 0) is 10.3 Å². The van der Waals surface area contributed by atoms with Gasteiger partial charge in [0.2, 0.25) is 5.91 Å². The van der Waals surface area contributed by atoms with Crippen molar-refractivity contribution in [2.45, 2.75) is 38.1 Å². The van der Waals surface area contributed by atoms with E-state index >= 15 is 0 Å². The van der Waals surface area contributed by atoms with Crippen molar-refractivity contribution in [3.63, 3.8) is 0 Å². The van der Waals surface area contributed by atoms with Gasteiger partial charge in [-0.15, -0.1) is 12.4 Å². The summed E-state index contributed by atoms with van der Waals surface area (Å²) < 4.78 is 0. The van der Waals surface area contributed by atoms with Crippen LogP contribution in [0.25, 0.3) is 0 Å². The molecule has 0 aliphatic heterocycles. The molecule has 0 aromatic heterocycles. The second-order valence-corrected chi connectivity index (χ2v) is 6.67. The van der Waals surface area contributed by atoms with E-state index in [0.29, 0.717) is 11.8 Å². The van der Waals surface area contributed by atoms with E-state index in [9.17, 15) is 4.79 Å². The first-order chi connectivity index (χ1) is 9.57. The highest BCUT2D eigenvalue weighted by molar-refractivity contribution is 5.87. The van der Waals surface area contributed by atoms with E-state index in [1.807, 2.05) is 42.2 Å². The lowest BCUT2D eigenvalue weighted by Crippen LogP contribution is -2.52. The Morgan fingerprint density at radius 1 is 1.14 bits per heavy atom. The van der Waals surface area contributed by atoms with Crippen molar-refractivity contribution in [3.8, 4) is 0 Å². The lowest BCUT2D eigenvalue weighted by Gasteiger charge is -2.32. The van der Waals surface area contributed by atoms with E-state index in [0.717, 1.165) is 18.7 Å². The molecule has 4 heteroatoms. The maximum atomic E-state index is 12.9. The van der Waals surface area contributed by atoms with Gasteiger partial charge >= 0.3 is 0 Å². The van der Waals surface area contributed by atoms with Crippen LogP contribution in [0.3, 0.4) is 0 Å². The summed E-state index contributed by atoms with van der Waals surface area (Å²) in [7, 11) is 0. The lowest BCUT2D eigenvalue weighted by molar-refractivity contribution is -0.137. The van der Waals surface area contributed by atoms with Gasteiger partial charge in [-0.2, -0.15) is 0 Å². The first-order valence-corrected chi connectivity index (χ1v) is 7.71. The minimum absolute atomic E-state index is 0. The lowest BCUT2D eigenvalue weighted by atomic mass is 9.91. The van der Waals surface area contributed by atoms with Crippen molar-refractivity contribution < 1.29 is 4.79 Å². The summed E-state index contributed by atoms with van der Waals surface area (Å²) in [5, 5.41) is 0. The third-order valence-corrected chi connectivity index (χ3v) is 4.46. The number of carbonyl (C=O) groups excluding carboxylic acids is 1. The maximum absolute atomic E-state index is 12.9. The Morgan fingerprint density at radius 3 is 2.05 bits per heavy atom. The Hall–Kier alpha value is -1.06. The molecule has 3 nitrogen and oxygen atoms in total. The summed E-state index contributed by atoms with van der Waals surface area (Å²) in [6.45, 7) is 3.64. The van der Waals surface area contributed by atoms with Gasteiger partial charge in [-0.25, -0.2) is 0 Å². The van der Waals surface area contributed by atoms with Crippen molar-refractivity contribution in [1.29, 1.82) is 0 Å². The largest absolute Gasteiger partial charge is 0.340 e. The number of halogens is 1. The van der Waals surface area contributed by atoms with E-state index in [-0.39, 0.29) is 18.3 Å². The average Bonchev–Trinajstić information content (AvgIpc) is 3.33. The highest BCUT2D eigenvalue weighted by Crippen LogP contribution is 2.35. The van der Waals surface area contributed by atoms with Crippen LogP contribution in [-0.4, -0.2) is 23.9 Å². The van der Waals surface area contributed by atoms with E-state index in [1.54, 1.807) is 0 Å². The van der Waals surface area contributed by atoms with Crippen LogP contribution in [0.5, 0.6) is 0 Å². The van der Waals surface area contributed by atoms with Gasteiger partial charge in [0.25, 0.3) is 0 Å². The first kappa shape index (κ1) is 16.3. The molecule has 2 saturated carbocycles. The molecule has 1 amide bonds. The molecule has 0 heterocycles. The summed E-state index contributed by atoms with van der Waals surface area (Å²) in [5.41, 5.74) is 6.38. The van der Waals surface area contributed by atoms with Gasteiger partial charge in [0.15, 0.2) is 0 Å². The summed E-state index contributed by atoms with van der Waals surface area (Å²) in [6, 6.07) is 9.74. The van der Waals surface area contributed by atoms with Crippen molar-refractivity contribution in [2.24, 2.45) is 17.6 Å². The molecule has 0 radical (unpaired) electrons. The third kappa shape index (κ3) is 3.98. The molecule has 1 aromatic carbocycles. The summed E-state index contributed by atoms with van der Waals surface area (Å²) >= 11 is 0. The fourth-order valence-electron chi connectivity index (χ4n) is 2.70. The van der Waals surface area contributed by atoms with Crippen LogP contribution < -0.4 is 5.73 Å². The minimum atomic E-state index is -0.912. The quantitative estimate of drug-likeness (QED) is 0.878. The number of amides is 1. The molecule has 2 N–H and O–H groups in total. The molecular weight excluding hydrogens is 284 g/mol. The number of nitrogens with two attached hydrogens (primary N) is 1. The number of rotatable bonds is 6. The molecule has 1 aromatic rings. The zero-order chi connectivity index (χ0) is 14.2. The SMILES string of the molecule is CC(N)(C(=O)N(CC1CC1)CC1CC1)c1ccccc1.Cl. The van der Waals surface area contributed by atoms with Crippen LogP contribution in [0.15, 0.2) is 30.3 Å². The standard InChI is InChI=1S/C17H24N2O.ClH/c1-17(18,15-5-3-2-4-6-15)16(20)19(11-13-7-8-13)12-14-9-10-14;/h2-6,13-14H,7-12,18H2,1H3;1H. The van der Waals surface area contributed by atoms with Gasteiger partial charge in [0, 0.05) is 13.1 Å². The molecule has 2 aliphatic rings. The smallest absolute Gasteiger partial charge is 0.246 e. The zero-order valence-corrected chi connectivity index (χ0v) is 13.4.